The Morgan fingerprint density at radius 1 is 1.71 bits per heavy atom. The van der Waals surface area contributed by atoms with Crippen molar-refractivity contribution in [1.82, 2.24) is 10.3 Å². The van der Waals surface area contributed by atoms with Crippen LogP contribution in [0.4, 0.5) is 10.2 Å². The van der Waals surface area contributed by atoms with Crippen LogP contribution >= 0.6 is 0 Å². The summed E-state index contributed by atoms with van der Waals surface area (Å²) in [6.07, 6.45) is 1.70. The highest BCUT2D eigenvalue weighted by Gasteiger charge is 2.32. The Morgan fingerprint density at radius 3 is 3.12 bits per heavy atom. The summed E-state index contributed by atoms with van der Waals surface area (Å²) in [4.78, 5) is 15.5. The largest absolute Gasteiger partial charge is 0.383 e. The van der Waals surface area contributed by atoms with E-state index in [0.717, 1.165) is 18.7 Å². The summed E-state index contributed by atoms with van der Waals surface area (Å²) in [5.74, 6) is -0.994. The number of halogens is 1. The summed E-state index contributed by atoms with van der Waals surface area (Å²) < 4.78 is 18.2. The quantitative estimate of drug-likeness (QED) is 0.796. The SMILES string of the molecule is CC1(NC(=O)c2cc(F)cnc2N)CCOC1. The van der Waals surface area contributed by atoms with Gasteiger partial charge in [0.15, 0.2) is 0 Å². The Labute approximate surface area is 98.2 Å². The predicted octanol–water partition coefficient (Wildman–Crippen LogP) is 0.712. The molecule has 1 aliphatic heterocycles. The van der Waals surface area contributed by atoms with Crippen LogP contribution in [0.2, 0.25) is 0 Å². The number of nitrogen functional groups attached to an aromatic ring is 1. The Bertz CT molecular complexity index is 444. The Kier molecular flexibility index (Phi) is 2.97. The van der Waals surface area contributed by atoms with Gasteiger partial charge in [-0.1, -0.05) is 0 Å². The molecule has 17 heavy (non-hydrogen) atoms. The van der Waals surface area contributed by atoms with E-state index in [0.29, 0.717) is 13.2 Å². The minimum Gasteiger partial charge on any atom is -0.383 e. The molecule has 1 aromatic heterocycles. The summed E-state index contributed by atoms with van der Waals surface area (Å²) in [6, 6.07) is 1.08. The number of carbonyl (C=O) groups excluding carboxylic acids is 1. The van der Waals surface area contributed by atoms with Crippen LogP contribution in [0.25, 0.3) is 0 Å². The fourth-order valence-electron chi connectivity index (χ4n) is 1.74. The first-order valence-corrected chi connectivity index (χ1v) is 5.31. The van der Waals surface area contributed by atoms with Crippen molar-refractivity contribution in [2.24, 2.45) is 0 Å². The van der Waals surface area contributed by atoms with Gasteiger partial charge in [0.2, 0.25) is 0 Å². The number of nitrogens with one attached hydrogen (secondary N) is 1. The first-order valence-electron chi connectivity index (χ1n) is 5.31. The molecule has 2 rings (SSSR count). The molecule has 0 saturated carbocycles. The van der Waals surface area contributed by atoms with Crippen molar-refractivity contribution < 1.29 is 13.9 Å². The van der Waals surface area contributed by atoms with E-state index in [9.17, 15) is 9.18 Å². The maximum atomic E-state index is 13.0. The zero-order valence-corrected chi connectivity index (χ0v) is 9.50. The van der Waals surface area contributed by atoms with Crippen molar-refractivity contribution in [2.45, 2.75) is 18.9 Å². The van der Waals surface area contributed by atoms with E-state index < -0.39 is 17.3 Å². The van der Waals surface area contributed by atoms with Crippen molar-refractivity contribution in [1.29, 1.82) is 0 Å². The van der Waals surface area contributed by atoms with E-state index in [1.807, 2.05) is 6.92 Å². The number of carbonyl (C=O) groups is 1. The summed E-state index contributed by atoms with van der Waals surface area (Å²) in [6.45, 7) is 2.93. The van der Waals surface area contributed by atoms with Crippen molar-refractivity contribution in [3.63, 3.8) is 0 Å². The van der Waals surface area contributed by atoms with Gasteiger partial charge in [-0.3, -0.25) is 4.79 Å². The first-order chi connectivity index (χ1) is 8.00. The third-order valence-electron chi connectivity index (χ3n) is 2.76. The summed E-state index contributed by atoms with van der Waals surface area (Å²) in [7, 11) is 0. The molecular weight excluding hydrogens is 225 g/mol. The van der Waals surface area contributed by atoms with Gasteiger partial charge < -0.3 is 15.8 Å². The van der Waals surface area contributed by atoms with Crippen molar-refractivity contribution >= 4 is 11.7 Å². The van der Waals surface area contributed by atoms with E-state index >= 15 is 0 Å². The number of aromatic nitrogens is 1. The normalized spacial score (nSPS) is 23.6. The first kappa shape index (κ1) is 11.8. The number of hydrogen-bond acceptors (Lipinski definition) is 4. The molecule has 1 saturated heterocycles. The highest BCUT2D eigenvalue weighted by atomic mass is 19.1. The molecule has 1 amide bonds. The maximum Gasteiger partial charge on any atom is 0.255 e. The number of nitrogens with two attached hydrogens (primary N) is 1. The lowest BCUT2D eigenvalue weighted by Gasteiger charge is -2.23. The Balaban J connectivity index is 2.17. The van der Waals surface area contributed by atoms with Gasteiger partial charge in [-0.25, -0.2) is 9.37 Å². The van der Waals surface area contributed by atoms with Gasteiger partial charge >= 0.3 is 0 Å². The minimum absolute atomic E-state index is 0.0198. The monoisotopic (exact) mass is 239 g/mol. The third kappa shape index (κ3) is 2.52. The molecule has 1 atom stereocenters. The topological polar surface area (TPSA) is 77.2 Å². The van der Waals surface area contributed by atoms with Crippen LogP contribution in [0.1, 0.15) is 23.7 Å². The van der Waals surface area contributed by atoms with Crippen molar-refractivity contribution in [3.05, 3.63) is 23.6 Å². The molecule has 0 aromatic carbocycles. The zero-order chi connectivity index (χ0) is 12.5. The molecule has 0 radical (unpaired) electrons. The van der Waals surface area contributed by atoms with Crippen LogP contribution in [0.5, 0.6) is 0 Å². The molecule has 1 unspecified atom stereocenters. The molecule has 92 valence electrons. The molecule has 1 fully saturated rings. The van der Waals surface area contributed by atoms with Crippen LogP contribution in [0, 0.1) is 5.82 Å². The lowest BCUT2D eigenvalue weighted by atomic mass is 10.0. The second-order valence-electron chi connectivity index (χ2n) is 4.40. The van der Waals surface area contributed by atoms with E-state index in [-0.39, 0.29) is 11.4 Å². The Morgan fingerprint density at radius 2 is 2.47 bits per heavy atom. The average Bonchev–Trinajstić information content (AvgIpc) is 2.68. The van der Waals surface area contributed by atoms with E-state index in [1.165, 1.54) is 0 Å². The van der Waals surface area contributed by atoms with E-state index in [2.05, 4.69) is 10.3 Å². The minimum atomic E-state index is -0.586. The molecule has 0 aliphatic carbocycles. The molecule has 3 N–H and O–H groups in total. The number of amides is 1. The van der Waals surface area contributed by atoms with E-state index in [1.54, 1.807) is 0 Å². The predicted molar refractivity (Wildman–Crippen MR) is 59.9 cm³/mol. The van der Waals surface area contributed by atoms with Crippen LogP contribution in [0.3, 0.4) is 0 Å². The van der Waals surface area contributed by atoms with Crippen LogP contribution in [0.15, 0.2) is 12.3 Å². The molecular formula is C11H14FN3O2. The summed E-state index contributed by atoms with van der Waals surface area (Å²) in [5, 5.41) is 2.79. The molecule has 0 bridgehead atoms. The highest BCUT2D eigenvalue weighted by molar-refractivity contribution is 5.98. The fraction of sp³-hybridized carbons (Fsp3) is 0.455. The standard InChI is InChI=1S/C11H14FN3O2/c1-11(2-3-17-6-11)15-10(16)8-4-7(12)5-14-9(8)13/h4-5H,2-3,6H2,1H3,(H2,13,14)(H,15,16). The van der Waals surface area contributed by atoms with Crippen LogP contribution < -0.4 is 11.1 Å². The maximum absolute atomic E-state index is 13.0. The highest BCUT2D eigenvalue weighted by Crippen LogP contribution is 2.19. The van der Waals surface area contributed by atoms with Gasteiger partial charge in [0, 0.05) is 6.61 Å². The molecule has 5 nitrogen and oxygen atoms in total. The lowest BCUT2D eigenvalue weighted by Crippen LogP contribution is -2.46. The van der Waals surface area contributed by atoms with Crippen LogP contribution in [-0.2, 0) is 4.74 Å². The number of nitrogens with zero attached hydrogens (tertiary/aromatic N) is 1. The number of anilines is 1. The molecule has 2 heterocycles. The third-order valence-corrected chi connectivity index (χ3v) is 2.76. The van der Waals surface area contributed by atoms with Crippen LogP contribution in [-0.4, -0.2) is 29.6 Å². The number of hydrogen-bond donors (Lipinski definition) is 2. The molecule has 1 aromatic rings. The van der Waals surface area contributed by atoms with Gasteiger partial charge in [0.1, 0.15) is 11.6 Å². The Hall–Kier alpha value is -1.69. The second kappa shape index (κ2) is 4.29. The van der Waals surface area contributed by atoms with Crippen molar-refractivity contribution in [3.8, 4) is 0 Å². The number of ether oxygens (including phenoxy) is 1. The molecule has 6 heteroatoms. The van der Waals surface area contributed by atoms with Crippen molar-refractivity contribution in [2.75, 3.05) is 18.9 Å². The fourth-order valence-corrected chi connectivity index (χ4v) is 1.74. The van der Waals surface area contributed by atoms with Gasteiger partial charge in [-0.15, -0.1) is 0 Å². The lowest BCUT2D eigenvalue weighted by molar-refractivity contribution is 0.0890. The average molecular weight is 239 g/mol. The zero-order valence-electron chi connectivity index (χ0n) is 9.50. The van der Waals surface area contributed by atoms with Gasteiger partial charge in [-0.2, -0.15) is 0 Å². The molecule has 1 aliphatic rings. The summed E-state index contributed by atoms with van der Waals surface area (Å²) in [5.41, 5.74) is 5.17. The summed E-state index contributed by atoms with van der Waals surface area (Å²) >= 11 is 0. The second-order valence-corrected chi connectivity index (χ2v) is 4.40. The van der Waals surface area contributed by atoms with Gasteiger partial charge in [0.25, 0.3) is 5.91 Å². The number of pyridine rings is 1. The molecule has 0 spiro atoms. The van der Waals surface area contributed by atoms with Gasteiger partial charge in [-0.05, 0) is 19.4 Å². The smallest absolute Gasteiger partial charge is 0.255 e. The van der Waals surface area contributed by atoms with Gasteiger partial charge in [0.05, 0.1) is 23.9 Å². The number of rotatable bonds is 2. The van der Waals surface area contributed by atoms with E-state index in [4.69, 9.17) is 10.5 Å².